The molecule has 10 heteroatoms. The zero-order valence-electron chi connectivity index (χ0n) is 15.9. The summed E-state index contributed by atoms with van der Waals surface area (Å²) < 4.78 is 43.2. The second-order valence-electron chi connectivity index (χ2n) is 7.18. The fraction of sp³-hybridized carbons (Fsp3) is 0.368. The summed E-state index contributed by atoms with van der Waals surface area (Å²) in [6.45, 7) is 1.46. The summed E-state index contributed by atoms with van der Waals surface area (Å²) in [6, 6.07) is 6.31. The molecule has 1 amide bonds. The van der Waals surface area contributed by atoms with Crippen molar-refractivity contribution in [2.24, 2.45) is 0 Å². The first-order valence-corrected chi connectivity index (χ1v) is 10.8. The van der Waals surface area contributed by atoms with Crippen molar-refractivity contribution in [3.63, 3.8) is 0 Å². The van der Waals surface area contributed by atoms with E-state index in [-0.39, 0.29) is 18.5 Å². The van der Waals surface area contributed by atoms with Crippen LogP contribution in [-0.4, -0.2) is 41.7 Å². The summed E-state index contributed by atoms with van der Waals surface area (Å²) in [5, 5.41) is 8.86. The maximum Gasteiger partial charge on any atom is 0.264 e. The Labute approximate surface area is 166 Å². The molecule has 0 unspecified atom stereocenters. The van der Waals surface area contributed by atoms with E-state index in [9.17, 15) is 22.4 Å². The van der Waals surface area contributed by atoms with Crippen LogP contribution in [0, 0.1) is 5.82 Å². The molecule has 0 bridgehead atoms. The van der Waals surface area contributed by atoms with Gasteiger partial charge in [0.05, 0.1) is 6.61 Å². The molecule has 0 spiro atoms. The molecule has 0 fully saturated rings. The molecule has 8 nitrogen and oxygen atoms in total. The van der Waals surface area contributed by atoms with Crippen LogP contribution in [-0.2, 0) is 27.6 Å². The molecule has 3 rings (SSSR count). The normalized spacial score (nSPS) is 15.3. The van der Waals surface area contributed by atoms with Crippen molar-refractivity contribution in [1.82, 2.24) is 10.0 Å². The first-order chi connectivity index (χ1) is 13.6. The van der Waals surface area contributed by atoms with Crippen LogP contribution in [0.5, 0.6) is 5.75 Å². The highest BCUT2D eigenvalue weighted by Gasteiger charge is 2.43. The van der Waals surface area contributed by atoms with Crippen LogP contribution in [0.1, 0.15) is 18.9 Å². The predicted molar refractivity (Wildman–Crippen MR) is 103 cm³/mol. The van der Waals surface area contributed by atoms with Crippen molar-refractivity contribution < 1.29 is 27.5 Å². The van der Waals surface area contributed by atoms with E-state index < -0.39 is 31.9 Å². The first-order valence-electron chi connectivity index (χ1n) is 8.87. The van der Waals surface area contributed by atoms with Gasteiger partial charge in [-0.1, -0.05) is 6.07 Å². The number of nitrogens with one attached hydrogen (secondary N) is 1. The maximum atomic E-state index is 14.7. The van der Waals surface area contributed by atoms with Gasteiger partial charge < -0.3 is 9.30 Å². The monoisotopic (exact) mass is 424 g/mol. The van der Waals surface area contributed by atoms with Crippen LogP contribution in [0.15, 0.2) is 35.3 Å². The van der Waals surface area contributed by atoms with Crippen LogP contribution in [0.25, 0.3) is 11.1 Å². The van der Waals surface area contributed by atoms with E-state index in [0.29, 0.717) is 18.6 Å². The van der Waals surface area contributed by atoms with Gasteiger partial charge in [0.1, 0.15) is 11.6 Å². The SMILES string of the molecule is C[C@@](CCn1cc(F)c(-c2ccc3c(c2)CCO3)cc1=O)(C(=O)NO)S(C)(=O)=O. The Morgan fingerprint density at radius 3 is 2.76 bits per heavy atom. The van der Waals surface area contributed by atoms with Gasteiger partial charge in [0, 0.05) is 37.0 Å². The van der Waals surface area contributed by atoms with Crippen LogP contribution >= 0.6 is 0 Å². The van der Waals surface area contributed by atoms with E-state index >= 15 is 0 Å². The third kappa shape index (κ3) is 3.90. The lowest BCUT2D eigenvalue weighted by Crippen LogP contribution is -2.50. The van der Waals surface area contributed by atoms with Gasteiger partial charge in [0.15, 0.2) is 14.6 Å². The van der Waals surface area contributed by atoms with E-state index in [1.165, 1.54) is 5.48 Å². The molecule has 1 atom stereocenters. The molecule has 2 N–H and O–H groups in total. The molecule has 0 saturated carbocycles. The molecule has 0 radical (unpaired) electrons. The molecule has 0 aliphatic carbocycles. The fourth-order valence-corrected chi connectivity index (χ4v) is 4.06. The predicted octanol–water partition coefficient (Wildman–Crippen LogP) is 1.29. The maximum absolute atomic E-state index is 14.7. The lowest BCUT2D eigenvalue weighted by atomic mass is 10.0. The van der Waals surface area contributed by atoms with Crippen LogP contribution in [0.3, 0.4) is 0 Å². The average Bonchev–Trinajstić information content (AvgIpc) is 3.14. The minimum atomic E-state index is -3.92. The van der Waals surface area contributed by atoms with E-state index in [2.05, 4.69) is 0 Å². The van der Waals surface area contributed by atoms with Crippen molar-refractivity contribution in [3.05, 3.63) is 52.2 Å². The third-order valence-electron chi connectivity index (χ3n) is 5.31. The van der Waals surface area contributed by atoms with Crippen molar-refractivity contribution in [2.45, 2.75) is 31.1 Å². The topological polar surface area (TPSA) is 115 Å². The van der Waals surface area contributed by atoms with Crippen molar-refractivity contribution in [1.29, 1.82) is 0 Å². The fourth-order valence-electron chi connectivity index (χ4n) is 3.21. The van der Waals surface area contributed by atoms with Crippen LogP contribution in [0.2, 0.25) is 0 Å². The minimum absolute atomic E-state index is 0.125. The smallest absolute Gasteiger partial charge is 0.264 e. The first kappa shape index (κ1) is 21.0. The van der Waals surface area contributed by atoms with Gasteiger partial charge in [0.2, 0.25) is 0 Å². The average molecular weight is 424 g/mol. The van der Waals surface area contributed by atoms with Crippen molar-refractivity contribution >= 4 is 15.7 Å². The Morgan fingerprint density at radius 2 is 2.10 bits per heavy atom. The van der Waals surface area contributed by atoms with Gasteiger partial charge in [-0.15, -0.1) is 0 Å². The molecule has 2 aromatic rings. The number of sulfone groups is 1. The van der Waals surface area contributed by atoms with Gasteiger partial charge in [-0.05, 0) is 36.6 Å². The molecule has 0 saturated heterocycles. The van der Waals surface area contributed by atoms with Crippen molar-refractivity contribution in [3.8, 4) is 16.9 Å². The van der Waals surface area contributed by atoms with Gasteiger partial charge in [-0.25, -0.2) is 18.3 Å². The Balaban J connectivity index is 1.90. The van der Waals surface area contributed by atoms with Crippen LogP contribution < -0.4 is 15.8 Å². The number of ether oxygens (including phenoxy) is 1. The third-order valence-corrected chi connectivity index (χ3v) is 7.33. The molecular formula is C19H21FN2O6S. The molecule has 1 aliphatic rings. The molecule has 1 aromatic heterocycles. The number of carbonyl (C=O) groups is 1. The summed E-state index contributed by atoms with van der Waals surface area (Å²) in [7, 11) is -3.92. The number of hydrogen-bond donors (Lipinski definition) is 2. The number of rotatable bonds is 6. The summed E-state index contributed by atoms with van der Waals surface area (Å²) in [5.41, 5.74) is 2.39. The van der Waals surface area contributed by atoms with E-state index in [0.717, 1.165) is 41.3 Å². The molecule has 1 aliphatic heterocycles. The molecule has 29 heavy (non-hydrogen) atoms. The zero-order valence-corrected chi connectivity index (χ0v) is 16.8. The van der Waals surface area contributed by atoms with Gasteiger partial charge in [-0.3, -0.25) is 14.8 Å². The number of halogens is 1. The number of carbonyl (C=O) groups excluding carboxylic acids is 1. The van der Waals surface area contributed by atoms with Gasteiger partial charge in [0.25, 0.3) is 11.5 Å². The number of aromatic nitrogens is 1. The summed E-state index contributed by atoms with van der Waals surface area (Å²) in [6.07, 6.45) is 2.22. The summed E-state index contributed by atoms with van der Waals surface area (Å²) in [5.74, 6) is -1.04. The number of hydrogen-bond acceptors (Lipinski definition) is 6. The highest BCUT2D eigenvalue weighted by molar-refractivity contribution is 7.92. The number of nitrogens with zero attached hydrogens (tertiary/aromatic N) is 1. The van der Waals surface area contributed by atoms with Crippen LogP contribution in [0.4, 0.5) is 4.39 Å². The summed E-state index contributed by atoms with van der Waals surface area (Å²) in [4.78, 5) is 24.4. The Morgan fingerprint density at radius 1 is 1.38 bits per heavy atom. The van der Waals surface area contributed by atoms with Gasteiger partial charge >= 0.3 is 0 Å². The van der Waals surface area contributed by atoms with Gasteiger partial charge in [-0.2, -0.15) is 0 Å². The number of pyridine rings is 1. The number of benzene rings is 1. The Bertz CT molecular complexity index is 1130. The highest BCUT2D eigenvalue weighted by atomic mass is 32.2. The number of amides is 1. The quantitative estimate of drug-likeness (QED) is 0.533. The van der Waals surface area contributed by atoms with E-state index in [1.807, 2.05) is 0 Å². The zero-order chi connectivity index (χ0) is 21.4. The second-order valence-corrected chi connectivity index (χ2v) is 9.63. The lowest BCUT2D eigenvalue weighted by molar-refractivity contribution is -0.131. The standard InChI is InChI=1S/C19H21FN2O6S/c1-19(18(24)21-25,29(2,26)27)6-7-22-11-15(20)14(10-17(22)23)12-3-4-16-13(9-12)5-8-28-16/h3-4,9-11,25H,5-8H2,1-2H3,(H,21,24)/t19-/m1/s1. The number of hydroxylamine groups is 1. The molecule has 1 aromatic carbocycles. The van der Waals surface area contributed by atoms with E-state index in [1.54, 1.807) is 18.2 Å². The molecular weight excluding hydrogens is 403 g/mol. The van der Waals surface area contributed by atoms with Crippen molar-refractivity contribution in [2.75, 3.05) is 12.9 Å². The molecule has 156 valence electrons. The number of fused-ring (bicyclic) bond motifs is 1. The largest absolute Gasteiger partial charge is 0.493 e. The minimum Gasteiger partial charge on any atom is -0.493 e. The lowest BCUT2D eigenvalue weighted by Gasteiger charge is -2.25. The Kier molecular flexibility index (Phi) is 5.50. The summed E-state index contributed by atoms with van der Waals surface area (Å²) >= 11 is 0. The second kappa shape index (κ2) is 7.60. The Hall–Kier alpha value is -2.72. The number of aryl methyl sites for hydroxylation is 1. The van der Waals surface area contributed by atoms with E-state index in [4.69, 9.17) is 9.94 Å². The molecule has 2 heterocycles. The highest BCUT2D eigenvalue weighted by Crippen LogP contribution is 2.31.